The highest BCUT2D eigenvalue weighted by Gasteiger charge is 2.59. The molecule has 3 N–H and O–H groups in total. The Morgan fingerprint density at radius 1 is 1.28 bits per heavy atom. The number of hydrogen-bond acceptors (Lipinski definition) is 10. The number of carboxylic acid groups (broad SMARTS) is 1. The number of esters is 1. The lowest BCUT2D eigenvalue weighted by molar-refractivity contribution is -0.157. The van der Waals surface area contributed by atoms with Crippen molar-refractivity contribution >= 4 is 29.1 Å². The summed E-state index contributed by atoms with van der Waals surface area (Å²) in [6, 6.07) is -0.764. The second-order valence-electron chi connectivity index (χ2n) is 11.1. The minimum atomic E-state index is -3.18. The van der Waals surface area contributed by atoms with E-state index in [0.29, 0.717) is 11.4 Å². The van der Waals surface area contributed by atoms with Crippen LogP contribution < -0.4 is 5.32 Å². The third kappa shape index (κ3) is 5.78. The average Bonchev–Trinajstić information content (AvgIpc) is 3.69. The van der Waals surface area contributed by atoms with Gasteiger partial charge in [0.25, 0.3) is 5.92 Å². The van der Waals surface area contributed by atoms with E-state index in [1.54, 1.807) is 16.5 Å². The second kappa shape index (κ2) is 11.6. The highest BCUT2D eigenvalue weighted by Crippen LogP contribution is 2.43. The molecule has 0 bridgehead atoms. The van der Waals surface area contributed by atoms with Gasteiger partial charge in [-0.25, -0.2) is 32.1 Å². The molecular formula is C28H31F4N5O5S. The molecule has 0 unspecified atom stereocenters. The zero-order valence-electron chi connectivity index (χ0n) is 23.6. The number of thiazole rings is 1. The molecule has 0 aliphatic carbocycles. The van der Waals surface area contributed by atoms with E-state index in [0.717, 1.165) is 20.1 Å². The summed E-state index contributed by atoms with van der Waals surface area (Å²) in [6.07, 6.45) is 1.65. The van der Waals surface area contributed by atoms with E-state index in [9.17, 15) is 28.6 Å². The van der Waals surface area contributed by atoms with Crippen molar-refractivity contribution < 1.29 is 42.1 Å². The fourth-order valence-electron chi connectivity index (χ4n) is 6.05. The molecule has 2 fully saturated rings. The number of aliphatic hydroxyl groups is 1. The number of carboxylic acids is 1. The molecule has 3 aliphatic rings. The summed E-state index contributed by atoms with van der Waals surface area (Å²) in [4.78, 5) is 36.5. The molecule has 15 heteroatoms. The van der Waals surface area contributed by atoms with Gasteiger partial charge < -0.3 is 20.3 Å². The van der Waals surface area contributed by atoms with Crippen molar-refractivity contribution in [3.63, 3.8) is 0 Å². The molecule has 4 heterocycles. The number of nitrogens with one attached hydrogen (secondary N) is 1. The molecule has 0 radical (unpaired) electrons. The number of ether oxygens (including phenoxy) is 1. The van der Waals surface area contributed by atoms with Gasteiger partial charge in [-0.05, 0) is 43.9 Å². The number of alkyl halides is 2. The maximum absolute atomic E-state index is 15.5. The van der Waals surface area contributed by atoms with Gasteiger partial charge in [-0.2, -0.15) is 0 Å². The fourth-order valence-corrected chi connectivity index (χ4v) is 6.64. The number of methoxy groups -OCH3 is 1. The molecule has 1 aromatic carbocycles. The van der Waals surface area contributed by atoms with Crippen LogP contribution in [-0.4, -0.2) is 99.7 Å². The maximum Gasteiger partial charge on any atom is 0.338 e. The van der Waals surface area contributed by atoms with Crippen LogP contribution in [0.3, 0.4) is 0 Å². The van der Waals surface area contributed by atoms with E-state index >= 15 is 8.78 Å². The van der Waals surface area contributed by atoms with Crippen LogP contribution in [0.5, 0.6) is 0 Å². The van der Waals surface area contributed by atoms with Crippen molar-refractivity contribution in [3.05, 3.63) is 62.7 Å². The topological polar surface area (TPSA) is 128 Å². The Morgan fingerprint density at radius 3 is 2.67 bits per heavy atom. The third-order valence-corrected chi connectivity index (χ3v) is 9.12. The Bertz CT molecular complexity index is 1480. The van der Waals surface area contributed by atoms with Crippen LogP contribution in [-0.2, 0) is 14.3 Å². The van der Waals surface area contributed by atoms with Crippen LogP contribution in [0.1, 0.15) is 41.9 Å². The van der Waals surface area contributed by atoms with Crippen LogP contribution >= 0.6 is 11.3 Å². The molecule has 5 rings (SSSR count). The number of nitrogens with zero attached hydrogens (tertiary/aromatic N) is 4. The highest BCUT2D eigenvalue weighted by atomic mass is 32.1. The first-order valence-corrected chi connectivity index (χ1v) is 14.5. The molecule has 3 aliphatic heterocycles. The first-order valence-electron chi connectivity index (χ1n) is 13.6. The average molecular weight is 626 g/mol. The SMILES string of the molecule is COC(=O)C1=C(CN2CC(F)(F)[C@H]3[C@@H]2CCN3CC[C@](C)(O)C(=O)O)NC(c2nccs2)=N[C@H]1c1ccc(F)c(F)c1C. The molecule has 2 saturated heterocycles. The summed E-state index contributed by atoms with van der Waals surface area (Å²) in [5, 5.41) is 24.6. The Balaban J connectivity index is 1.51. The van der Waals surface area contributed by atoms with Gasteiger partial charge in [-0.15, -0.1) is 11.3 Å². The summed E-state index contributed by atoms with van der Waals surface area (Å²) in [5.41, 5.74) is -1.74. The van der Waals surface area contributed by atoms with E-state index in [2.05, 4.69) is 15.3 Å². The molecule has 43 heavy (non-hydrogen) atoms. The number of halogens is 4. The number of carbonyl (C=O) groups is 2. The summed E-state index contributed by atoms with van der Waals surface area (Å²) in [7, 11) is 1.16. The zero-order chi connectivity index (χ0) is 31.3. The molecule has 0 amide bonds. The van der Waals surface area contributed by atoms with Crippen molar-refractivity contribution in [3.8, 4) is 0 Å². The predicted molar refractivity (Wildman–Crippen MR) is 148 cm³/mol. The minimum Gasteiger partial charge on any atom is -0.479 e. The molecule has 10 nitrogen and oxygen atoms in total. The quantitative estimate of drug-likeness (QED) is 0.285. The Labute approximate surface area is 248 Å². The van der Waals surface area contributed by atoms with E-state index in [1.807, 2.05) is 0 Å². The lowest BCUT2D eigenvalue weighted by Crippen LogP contribution is -2.48. The van der Waals surface area contributed by atoms with Crippen LogP contribution in [0.2, 0.25) is 0 Å². The molecule has 2 aromatic rings. The van der Waals surface area contributed by atoms with Gasteiger partial charge in [-0.3, -0.25) is 14.8 Å². The van der Waals surface area contributed by atoms with E-state index in [4.69, 9.17) is 4.74 Å². The third-order valence-electron chi connectivity index (χ3n) is 8.34. The van der Waals surface area contributed by atoms with Crippen LogP contribution in [0, 0.1) is 18.6 Å². The van der Waals surface area contributed by atoms with Crippen molar-refractivity contribution in [1.82, 2.24) is 20.1 Å². The first-order chi connectivity index (χ1) is 20.2. The lowest BCUT2D eigenvalue weighted by Gasteiger charge is -2.31. The van der Waals surface area contributed by atoms with Crippen molar-refractivity contribution in [2.75, 3.05) is 33.3 Å². The molecule has 232 valence electrons. The van der Waals surface area contributed by atoms with Gasteiger partial charge in [0.05, 0.1) is 25.3 Å². The van der Waals surface area contributed by atoms with Gasteiger partial charge in [0.1, 0.15) is 6.04 Å². The molecule has 0 saturated carbocycles. The van der Waals surface area contributed by atoms with Gasteiger partial charge in [0.2, 0.25) is 0 Å². The molecular weight excluding hydrogens is 594 g/mol. The van der Waals surface area contributed by atoms with Crippen LogP contribution in [0.4, 0.5) is 17.6 Å². The summed E-state index contributed by atoms with van der Waals surface area (Å²) >= 11 is 1.24. The van der Waals surface area contributed by atoms with Gasteiger partial charge in [0.15, 0.2) is 28.1 Å². The molecule has 4 atom stereocenters. The van der Waals surface area contributed by atoms with Crippen LogP contribution in [0.25, 0.3) is 0 Å². The number of carbonyl (C=O) groups excluding carboxylic acids is 1. The normalized spacial score (nSPS) is 25.2. The second-order valence-corrected chi connectivity index (χ2v) is 12.0. The number of hydrogen-bond donors (Lipinski definition) is 3. The van der Waals surface area contributed by atoms with Gasteiger partial charge in [-0.1, -0.05) is 6.07 Å². The Hall–Kier alpha value is -3.40. The van der Waals surface area contributed by atoms with E-state index in [1.165, 1.54) is 29.2 Å². The minimum absolute atomic E-state index is 0.0314. The monoisotopic (exact) mass is 625 g/mol. The number of aromatic nitrogens is 1. The molecule has 1 aromatic heterocycles. The number of amidine groups is 1. The number of benzene rings is 1. The first kappa shape index (κ1) is 31.0. The summed E-state index contributed by atoms with van der Waals surface area (Å²) in [6.45, 7) is 1.91. The van der Waals surface area contributed by atoms with Crippen molar-refractivity contribution in [1.29, 1.82) is 0 Å². The maximum atomic E-state index is 15.5. The Morgan fingerprint density at radius 2 is 2.02 bits per heavy atom. The molecule has 0 spiro atoms. The Kier molecular flexibility index (Phi) is 8.37. The number of likely N-dealkylation sites (tertiary alicyclic amines) is 2. The van der Waals surface area contributed by atoms with E-state index in [-0.39, 0.29) is 54.3 Å². The predicted octanol–water partition coefficient (Wildman–Crippen LogP) is 2.87. The highest BCUT2D eigenvalue weighted by molar-refractivity contribution is 7.11. The van der Waals surface area contributed by atoms with Crippen molar-refractivity contribution in [2.24, 2.45) is 4.99 Å². The zero-order valence-corrected chi connectivity index (χ0v) is 24.4. The van der Waals surface area contributed by atoms with Crippen molar-refractivity contribution in [2.45, 2.75) is 56.3 Å². The van der Waals surface area contributed by atoms with Crippen LogP contribution in [0.15, 0.2) is 40.0 Å². The summed E-state index contributed by atoms with van der Waals surface area (Å²) in [5.74, 6) is -7.36. The number of aliphatic imine (C=N–C) groups is 1. The fraction of sp³-hybridized carbons (Fsp3) is 0.500. The number of aliphatic carboxylic acids is 1. The smallest absolute Gasteiger partial charge is 0.338 e. The largest absolute Gasteiger partial charge is 0.479 e. The van der Waals surface area contributed by atoms with Gasteiger partial charge in [0, 0.05) is 43.0 Å². The lowest BCUT2D eigenvalue weighted by atomic mass is 9.92. The standard InChI is InChI=1S/C28H31F4N5O5S/c1-14-15(4-5-16(29)20(14)30)21-19(25(38)42-3)17(34-23(35-21)24-33-8-11-43-24)12-37-13-28(31,32)22-18(37)6-9-36(22)10-7-27(2,41)26(39)40/h4-5,8,11,18,21-22,41H,6-7,9-10,12-13H2,1-3H3,(H,34,35)(H,39,40)/t18-,21-,22+,27-/m0/s1. The van der Waals surface area contributed by atoms with E-state index < -0.39 is 59.8 Å². The van der Waals surface area contributed by atoms with Gasteiger partial charge >= 0.3 is 11.9 Å². The number of rotatable bonds is 9. The summed E-state index contributed by atoms with van der Waals surface area (Å²) < 4.78 is 64.8. The number of fused-ring (bicyclic) bond motifs is 1.